The van der Waals surface area contributed by atoms with Crippen molar-refractivity contribution in [2.75, 3.05) is 0 Å². The van der Waals surface area contributed by atoms with Crippen molar-refractivity contribution in [3.8, 4) is 5.75 Å². The number of benzene rings is 1. The predicted molar refractivity (Wildman–Crippen MR) is 49.9 cm³/mol. The van der Waals surface area contributed by atoms with E-state index >= 15 is 0 Å². The molecular formula is C11H10O2. The highest BCUT2D eigenvalue weighted by Gasteiger charge is 2.13. The summed E-state index contributed by atoms with van der Waals surface area (Å²) in [5.74, 6) is 0.768. The molecule has 0 aliphatic carbocycles. The molecule has 2 nitrogen and oxygen atoms in total. The topological polar surface area (TPSA) is 26.3 Å². The van der Waals surface area contributed by atoms with Crippen LogP contribution in [0, 0.1) is 0 Å². The van der Waals surface area contributed by atoms with Crippen LogP contribution in [-0.4, -0.2) is 5.78 Å². The minimum absolute atomic E-state index is 0.0483. The van der Waals surface area contributed by atoms with E-state index in [1.54, 1.807) is 19.3 Å². The normalized spacial score (nSPS) is 13.3. The number of Topliss-reactive ketones (excluding diaryl/α,β-unsaturated/α-hetero) is 1. The van der Waals surface area contributed by atoms with Crippen molar-refractivity contribution in [1.82, 2.24) is 0 Å². The van der Waals surface area contributed by atoms with Crippen LogP contribution >= 0.6 is 0 Å². The van der Waals surface area contributed by atoms with Crippen LogP contribution in [0.15, 0.2) is 30.5 Å². The van der Waals surface area contributed by atoms with Crippen molar-refractivity contribution < 1.29 is 9.53 Å². The summed E-state index contributed by atoms with van der Waals surface area (Å²) in [4.78, 5) is 11.2. The van der Waals surface area contributed by atoms with Gasteiger partial charge in [-0.2, -0.15) is 0 Å². The minimum atomic E-state index is 0.0483. The van der Waals surface area contributed by atoms with Crippen molar-refractivity contribution >= 4 is 5.78 Å². The molecule has 0 saturated carbocycles. The molecule has 0 fully saturated rings. The van der Waals surface area contributed by atoms with Gasteiger partial charge in [-0.05, 0) is 31.1 Å². The van der Waals surface area contributed by atoms with Gasteiger partial charge in [-0.3, -0.25) is 4.79 Å². The summed E-state index contributed by atoms with van der Waals surface area (Å²) < 4.78 is 5.31. The fourth-order valence-electron chi connectivity index (χ4n) is 1.45. The number of para-hydroxylation sites is 1. The number of hydrogen-bond donors (Lipinski definition) is 0. The first kappa shape index (κ1) is 8.05. The highest BCUT2D eigenvalue weighted by Crippen LogP contribution is 2.27. The Bertz CT molecular complexity index is 378. The van der Waals surface area contributed by atoms with Crippen molar-refractivity contribution in [1.29, 1.82) is 0 Å². The summed E-state index contributed by atoms with van der Waals surface area (Å²) in [6.07, 6.45) is 4.41. The quantitative estimate of drug-likeness (QED) is 0.611. The molecule has 0 saturated heterocycles. The van der Waals surface area contributed by atoms with Gasteiger partial charge in [-0.1, -0.05) is 12.1 Å². The molecule has 0 atom stereocenters. The number of fused-ring (bicyclic) bond motifs is 1. The summed E-state index contributed by atoms with van der Waals surface area (Å²) in [6.45, 7) is 1.55. The molecule has 2 heteroatoms. The minimum Gasteiger partial charge on any atom is -0.464 e. The van der Waals surface area contributed by atoms with Crippen LogP contribution in [0.4, 0.5) is 0 Å². The summed E-state index contributed by atoms with van der Waals surface area (Å²) in [7, 11) is 0. The molecule has 0 radical (unpaired) electrons. The number of rotatable bonds is 1. The molecule has 13 heavy (non-hydrogen) atoms. The highest BCUT2D eigenvalue weighted by molar-refractivity contribution is 5.97. The van der Waals surface area contributed by atoms with Gasteiger partial charge in [0, 0.05) is 0 Å². The molecule has 0 spiro atoms. The zero-order chi connectivity index (χ0) is 9.26. The van der Waals surface area contributed by atoms with Crippen molar-refractivity contribution in [2.45, 2.75) is 13.3 Å². The third-order valence-corrected chi connectivity index (χ3v) is 2.10. The van der Waals surface area contributed by atoms with Crippen molar-refractivity contribution in [3.63, 3.8) is 0 Å². The van der Waals surface area contributed by atoms with Gasteiger partial charge < -0.3 is 4.74 Å². The van der Waals surface area contributed by atoms with E-state index in [0.29, 0.717) is 5.56 Å². The van der Waals surface area contributed by atoms with Crippen molar-refractivity contribution in [2.24, 2.45) is 0 Å². The van der Waals surface area contributed by atoms with Crippen LogP contribution in [-0.2, 0) is 6.42 Å². The van der Waals surface area contributed by atoms with E-state index in [1.807, 2.05) is 18.2 Å². The second kappa shape index (κ2) is 3.05. The standard InChI is InChI=1S/C11H10O2/c1-8(12)10-6-2-4-9-5-3-7-13-11(9)10/h2-4,6-7H,5H2,1H3. The van der Waals surface area contributed by atoms with Gasteiger partial charge in [0.2, 0.25) is 0 Å². The first-order valence-corrected chi connectivity index (χ1v) is 4.23. The largest absolute Gasteiger partial charge is 0.464 e. The molecule has 2 rings (SSSR count). The first-order valence-electron chi connectivity index (χ1n) is 4.23. The third kappa shape index (κ3) is 1.35. The van der Waals surface area contributed by atoms with Gasteiger partial charge in [-0.15, -0.1) is 0 Å². The summed E-state index contributed by atoms with van der Waals surface area (Å²) in [5.41, 5.74) is 1.75. The van der Waals surface area contributed by atoms with Gasteiger partial charge in [0.1, 0.15) is 5.75 Å². The zero-order valence-electron chi connectivity index (χ0n) is 7.41. The Morgan fingerprint density at radius 1 is 1.46 bits per heavy atom. The number of allylic oxidation sites excluding steroid dienone is 1. The lowest BCUT2D eigenvalue weighted by Crippen LogP contribution is -2.03. The van der Waals surface area contributed by atoms with Crippen LogP contribution in [0.1, 0.15) is 22.8 Å². The van der Waals surface area contributed by atoms with Crippen LogP contribution in [0.5, 0.6) is 5.75 Å². The van der Waals surface area contributed by atoms with E-state index in [4.69, 9.17) is 4.74 Å². The number of ether oxygens (including phenoxy) is 1. The SMILES string of the molecule is CC(=O)c1cccc2c1OC=CC2. The van der Waals surface area contributed by atoms with E-state index in [-0.39, 0.29) is 5.78 Å². The van der Waals surface area contributed by atoms with E-state index in [2.05, 4.69) is 0 Å². The highest BCUT2D eigenvalue weighted by atomic mass is 16.5. The smallest absolute Gasteiger partial charge is 0.163 e. The average Bonchev–Trinajstić information content (AvgIpc) is 2.17. The number of ketones is 1. The summed E-state index contributed by atoms with van der Waals surface area (Å²) in [5, 5.41) is 0. The Balaban J connectivity index is 2.55. The summed E-state index contributed by atoms with van der Waals surface area (Å²) >= 11 is 0. The Morgan fingerprint density at radius 2 is 2.31 bits per heavy atom. The molecule has 66 valence electrons. The van der Waals surface area contributed by atoms with Crippen LogP contribution < -0.4 is 4.74 Å². The molecule has 1 aromatic carbocycles. The fraction of sp³-hybridized carbons (Fsp3) is 0.182. The number of carbonyl (C=O) groups excluding carboxylic acids is 1. The number of carbonyl (C=O) groups is 1. The Hall–Kier alpha value is -1.57. The monoisotopic (exact) mass is 174 g/mol. The maximum atomic E-state index is 11.2. The molecule has 0 unspecified atom stereocenters. The van der Waals surface area contributed by atoms with Gasteiger partial charge in [0.05, 0.1) is 11.8 Å². The predicted octanol–water partition coefficient (Wildman–Crippen LogP) is 2.34. The third-order valence-electron chi connectivity index (χ3n) is 2.10. The number of hydrogen-bond acceptors (Lipinski definition) is 2. The lowest BCUT2D eigenvalue weighted by molar-refractivity contribution is 0.101. The molecule has 1 aliphatic rings. The van der Waals surface area contributed by atoms with E-state index in [0.717, 1.165) is 17.7 Å². The van der Waals surface area contributed by atoms with Gasteiger partial charge >= 0.3 is 0 Å². The van der Waals surface area contributed by atoms with Gasteiger partial charge in [0.15, 0.2) is 5.78 Å². The molecule has 1 aliphatic heterocycles. The Labute approximate surface area is 76.8 Å². The average molecular weight is 174 g/mol. The van der Waals surface area contributed by atoms with Crippen LogP contribution in [0.3, 0.4) is 0 Å². The Kier molecular flexibility index (Phi) is 1.89. The van der Waals surface area contributed by atoms with E-state index in [1.165, 1.54) is 0 Å². The van der Waals surface area contributed by atoms with E-state index in [9.17, 15) is 4.79 Å². The second-order valence-electron chi connectivity index (χ2n) is 3.04. The van der Waals surface area contributed by atoms with Gasteiger partial charge in [-0.25, -0.2) is 0 Å². The van der Waals surface area contributed by atoms with Crippen LogP contribution in [0.25, 0.3) is 0 Å². The lowest BCUT2D eigenvalue weighted by atomic mass is 10.0. The summed E-state index contributed by atoms with van der Waals surface area (Å²) in [6, 6.07) is 5.66. The maximum Gasteiger partial charge on any atom is 0.163 e. The fourth-order valence-corrected chi connectivity index (χ4v) is 1.45. The van der Waals surface area contributed by atoms with Gasteiger partial charge in [0.25, 0.3) is 0 Å². The van der Waals surface area contributed by atoms with Crippen LogP contribution in [0.2, 0.25) is 0 Å². The molecule has 1 heterocycles. The molecule has 1 aromatic rings. The molecule has 0 bridgehead atoms. The maximum absolute atomic E-state index is 11.2. The molecule has 0 aromatic heterocycles. The molecule has 0 N–H and O–H groups in total. The molecular weight excluding hydrogens is 164 g/mol. The molecule has 0 amide bonds. The second-order valence-corrected chi connectivity index (χ2v) is 3.04. The first-order chi connectivity index (χ1) is 6.29. The zero-order valence-corrected chi connectivity index (χ0v) is 7.41. The van der Waals surface area contributed by atoms with Crippen molar-refractivity contribution in [3.05, 3.63) is 41.7 Å². The van der Waals surface area contributed by atoms with E-state index < -0.39 is 0 Å². The lowest BCUT2D eigenvalue weighted by Gasteiger charge is -2.13. The Morgan fingerprint density at radius 3 is 3.08 bits per heavy atom.